The van der Waals surface area contributed by atoms with Crippen molar-refractivity contribution in [3.05, 3.63) is 41.4 Å². The summed E-state index contributed by atoms with van der Waals surface area (Å²) >= 11 is 1.29. The van der Waals surface area contributed by atoms with Crippen molar-refractivity contribution in [1.82, 2.24) is 4.98 Å². The Bertz CT molecular complexity index is 596. The Balaban J connectivity index is 1.93. The van der Waals surface area contributed by atoms with Crippen LogP contribution < -0.4 is 11.1 Å². The van der Waals surface area contributed by atoms with Gasteiger partial charge in [0.25, 0.3) is 5.91 Å². The van der Waals surface area contributed by atoms with Gasteiger partial charge in [-0.05, 0) is 31.2 Å². The molecular formula is C13H13N3O3S. The lowest BCUT2D eigenvalue weighted by molar-refractivity contribution is -0.123. The van der Waals surface area contributed by atoms with Crippen LogP contribution in [0.1, 0.15) is 17.3 Å². The highest BCUT2D eigenvalue weighted by atomic mass is 32.1. The van der Waals surface area contributed by atoms with Crippen molar-refractivity contribution in [3.8, 4) is 0 Å². The largest absolute Gasteiger partial charge is 0.449 e. The number of nitrogens with two attached hydrogens (primary N) is 1. The van der Waals surface area contributed by atoms with E-state index in [4.69, 9.17) is 10.5 Å². The summed E-state index contributed by atoms with van der Waals surface area (Å²) in [6.45, 7) is 1.50. The first-order valence-electron chi connectivity index (χ1n) is 5.83. The molecule has 20 heavy (non-hydrogen) atoms. The fourth-order valence-corrected chi connectivity index (χ4v) is 1.93. The summed E-state index contributed by atoms with van der Waals surface area (Å²) in [4.78, 5) is 27.5. The predicted octanol–water partition coefficient (Wildman–Crippen LogP) is 1.91. The number of ether oxygens (including phenoxy) is 1. The molecule has 0 aliphatic rings. The predicted molar refractivity (Wildman–Crippen MR) is 76.5 cm³/mol. The Morgan fingerprint density at radius 1 is 1.35 bits per heavy atom. The lowest BCUT2D eigenvalue weighted by Gasteiger charge is -2.12. The zero-order chi connectivity index (χ0) is 14.5. The molecule has 0 fully saturated rings. The van der Waals surface area contributed by atoms with E-state index in [9.17, 15) is 9.59 Å². The Morgan fingerprint density at radius 3 is 2.65 bits per heavy atom. The average molecular weight is 291 g/mol. The number of hydrogen-bond donors (Lipinski definition) is 2. The number of nitrogen functional groups attached to an aromatic ring is 1. The van der Waals surface area contributed by atoms with Gasteiger partial charge in [-0.3, -0.25) is 10.1 Å². The first-order chi connectivity index (χ1) is 9.56. The average Bonchev–Trinajstić information content (AvgIpc) is 2.92. The molecule has 1 aromatic heterocycles. The molecule has 1 atom stereocenters. The minimum absolute atomic E-state index is 0.341. The van der Waals surface area contributed by atoms with Crippen molar-refractivity contribution >= 4 is 34.0 Å². The first-order valence-corrected chi connectivity index (χ1v) is 6.71. The van der Waals surface area contributed by atoms with Crippen molar-refractivity contribution in [2.24, 2.45) is 0 Å². The van der Waals surface area contributed by atoms with Gasteiger partial charge in [0.1, 0.15) is 0 Å². The Hall–Kier alpha value is -2.41. The molecule has 1 unspecified atom stereocenters. The van der Waals surface area contributed by atoms with Gasteiger partial charge in [-0.2, -0.15) is 0 Å². The number of carbonyl (C=O) groups excluding carboxylic acids is 2. The van der Waals surface area contributed by atoms with Crippen LogP contribution in [0.25, 0.3) is 0 Å². The van der Waals surface area contributed by atoms with Crippen molar-refractivity contribution in [3.63, 3.8) is 0 Å². The molecule has 1 amide bonds. The third-order valence-electron chi connectivity index (χ3n) is 2.46. The Morgan fingerprint density at radius 2 is 2.05 bits per heavy atom. The molecule has 0 radical (unpaired) electrons. The number of thiazole rings is 1. The van der Waals surface area contributed by atoms with Crippen LogP contribution in [0.2, 0.25) is 0 Å². The number of anilines is 2. The van der Waals surface area contributed by atoms with Gasteiger partial charge in [-0.15, -0.1) is 11.3 Å². The third kappa shape index (κ3) is 3.55. The van der Waals surface area contributed by atoms with Crippen LogP contribution in [0.15, 0.2) is 35.8 Å². The van der Waals surface area contributed by atoms with Gasteiger partial charge in [0.05, 0.1) is 5.56 Å². The minimum atomic E-state index is -0.913. The number of esters is 1. The second kappa shape index (κ2) is 6.16. The molecule has 104 valence electrons. The van der Waals surface area contributed by atoms with Crippen LogP contribution >= 0.6 is 11.3 Å². The quantitative estimate of drug-likeness (QED) is 0.663. The van der Waals surface area contributed by atoms with E-state index in [-0.39, 0.29) is 0 Å². The molecule has 1 heterocycles. The normalized spacial score (nSPS) is 11.7. The Kier molecular flexibility index (Phi) is 4.31. The molecule has 6 nitrogen and oxygen atoms in total. The summed E-state index contributed by atoms with van der Waals surface area (Å²) in [5, 5.41) is 4.76. The molecule has 0 aliphatic heterocycles. The highest BCUT2D eigenvalue weighted by molar-refractivity contribution is 7.13. The lowest BCUT2D eigenvalue weighted by atomic mass is 10.2. The maximum Gasteiger partial charge on any atom is 0.338 e. The van der Waals surface area contributed by atoms with E-state index in [1.807, 2.05) is 0 Å². The van der Waals surface area contributed by atoms with Crippen molar-refractivity contribution in [2.45, 2.75) is 13.0 Å². The van der Waals surface area contributed by atoms with Crippen molar-refractivity contribution in [1.29, 1.82) is 0 Å². The van der Waals surface area contributed by atoms with Crippen LogP contribution in [-0.2, 0) is 9.53 Å². The maximum atomic E-state index is 11.8. The number of amides is 1. The fourth-order valence-electron chi connectivity index (χ4n) is 1.39. The zero-order valence-corrected chi connectivity index (χ0v) is 11.5. The van der Waals surface area contributed by atoms with Gasteiger partial charge >= 0.3 is 5.97 Å². The van der Waals surface area contributed by atoms with Gasteiger partial charge in [-0.25, -0.2) is 9.78 Å². The zero-order valence-electron chi connectivity index (χ0n) is 10.7. The second-order valence-corrected chi connectivity index (χ2v) is 4.89. The summed E-state index contributed by atoms with van der Waals surface area (Å²) < 4.78 is 5.07. The number of nitrogens with one attached hydrogen (secondary N) is 1. The number of carbonyl (C=O) groups is 2. The number of aromatic nitrogens is 1. The number of nitrogens with zero attached hydrogens (tertiary/aromatic N) is 1. The van der Waals surface area contributed by atoms with E-state index in [0.29, 0.717) is 16.4 Å². The summed E-state index contributed by atoms with van der Waals surface area (Å²) in [5.41, 5.74) is 6.42. The van der Waals surface area contributed by atoms with Gasteiger partial charge in [0.2, 0.25) is 0 Å². The molecular weight excluding hydrogens is 278 g/mol. The van der Waals surface area contributed by atoms with Gasteiger partial charge in [0.15, 0.2) is 11.2 Å². The molecule has 2 aromatic rings. The van der Waals surface area contributed by atoms with Crippen LogP contribution in [0, 0.1) is 0 Å². The van der Waals surface area contributed by atoms with E-state index >= 15 is 0 Å². The second-order valence-electron chi connectivity index (χ2n) is 4.00. The Labute approximate surface area is 119 Å². The van der Waals surface area contributed by atoms with Gasteiger partial charge in [0, 0.05) is 17.3 Å². The smallest absolute Gasteiger partial charge is 0.338 e. The molecule has 2 rings (SSSR count). The summed E-state index contributed by atoms with van der Waals surface area (Å²) in [6, 6.07) is 6.28. The van der Waals surface area contributed by atoms with E-state index in [1.54, 1.807) is 35.8 Å². The van der Waals surface area contributed by atoms with Crippen LogP contribution in [0.4, 0.5) is 10.8 Å². The number of rotatable bonds is 4. The lowest BCUT2D eigenvalue weighted by Crippen LogP contribution is -2.29. The van der Waals surface area contributed by atoms with Gasteiger partial charge < -0.3 is 10.5 Å². The molecule has 0 spiro atoms. The first kappa shape index (κ1) is 14.0. The highest BCUT2D eigenvalue weighted by Gasteiger charge is 2.19. The standard InChI is InChI=1S/C13H13N3O3S/c1-8(11(17)16-13-15-6-7-20-13)19-12(18)9-2-4-10(14)5-3-9/h2-8H,14H2,1H3,(H,15,16,17). The summed E-state index contributed by atoms with van der Waals surface area (Å²) in [7, 11) is 0. The molecule has 1 aromatic carbocycles. The van der Waals surface area contributed by atoms with Crippen molar-refractivity contribution < 1.29 is 14.3 Å². The third-order valence-corrected chi connectivity index (χ3v) is 3.15. The molecule has 3 N–H and O–H groups in total. The molecule has 0 bridgehead atoms. The number of hydrogen-bond acceptors (Lipinski definition) is 6. The fraction of sp³-hybridized carbons (Fsp3) is 0.154. The topological polar surface area (TPSA) is 94.3 Å². The minimum Gasteiger partial charge on any atom is -0.449 e. The van der Waals surface area contributed by atoms with E-state index in [2.05, 4.69) is 10.3 Å². The molecule has 0 saturated carbocycles. The number of benzene rings is 1. The van der Waals surface area contributed by atoms with E-state index < -0.39 is 18.0 Å². The SMILES string of the molecule is CC(OC(=O)c1ccc(N)cc1)C(=O)Nc1nccs1. The van der Waals surface area contributed by atoms with Crippen LogP contribution in [0.3, 0.4) is 0 Å². The van der Waals surface area contributed by atoms with Crippen LogP contribution in [-0.4, -0.2) is 23.0 Å². The van der Waals surface area contributed by atoms with E-state index in [1.165, 1.54) is 18.3 Å². The summed E-state index contributed by atoms with van der Waals surface area (Å²) in [5.74, 6) is -1.00. The summed E-state index contributed by atoms with van der Waals surface area (Å²) in [6.07, 6.45) is 0.662. The monoisotopic (exact) mass is 291 g/mol. The maximum absolute atomic E-state index is 11.8. The van der Waals surface area contributed by atoms with Gasteiger partial charge in [-0.1, -0.05) is 0 Å². The van der Waals surface area contributed by atoms with E-state index in [0.717, 1.165) is 0 Å². The molecule has 0 saturated heterocycles. The molecule has 7 heteroatoms. The highest BCUT2D eigenvalue weighted by Crippen LogP contribution is 2.12. The van der Waals surface area contributed by atoms with Crippen molar-refractivity contribution in [2.75, 3.05) is 11.1 Å². The van der Waals surface area contributed by atoms with Crippen LogP contribution in [0.5, 0.6) is 0 Å². The molecule has 0 aliphatic carbocycles.